The molecule has 0 spiro atoms. The number of rotatable bonds is 4. The van der Waals surface area contributed by atoms with E-state index in [1.54, 1.807) is 6.07 Å². The minimum atomic E-state index is -3.29. The summed E-state index contributed by atoms with van der Waals surface area (Å²) in [6.45, 7) is 1.86. The molecule has 1 heterocycles. The number of sulfone groups is 1. The van der Waals surface area contributed by atoms with Gasteiger partial charge in [-0.15, -0.1) is 0 Å². The fourth-order valence-corrected chi connectivity index (χ4v) is 3.29. The molecule has 1 saturated heterocycles. The number of aliphatic hydroxyl groups excluding tert-OH is 1. The Morgan fingerprint density at radius 2 is 2.11 bits per heavy atom. The molecule has 0 aliphatic carbocycles. The second-order valence-corrected chi connectivity index (χ2v) is 7.01. The lowest BCUT2D eigenvalue weighted by molar-refractivity contribution is -0.162. The smallest absolute Gasteiger partial charge is 0.209 e. The summed E-state index contributed by atoms with van der Waals surface area (Å²) in [6.07, 6.45) is 0.646. The highest BCUT2D eigenvalue weighted by Crippen LogP contribution is 2.37. The first-order chi connectivity index (χ1) is 8.86. The highest BCUT2D eigenvalue weighted by molar-refractivity contribution is 7.90. The first-order valence-corrected chi connectivity index (χ1v) is 8.09. The number of hydrogen-bond donors (Lipinski definition) is 1. The monoisotopic (exact) mass is 286 g/mol. The van der Waals surface area contributed by atoms with E-state index >= 15 is 0 Å². The molecule has 0 aromatic heterocycles. The number of ether oxygens (including phenoxy) is 2. The minimum Gasteiger partial charge on any atom is -0.394 e. The third kappa shape index (κ3) is 3.14. The third-order valence-electron chi connectivity index (χ3n) is 3.07. The Morgan fingerprint density at radius 1 is 1.42 bits per heavy atom. The van der Waals surface area contributed by atoms with Crippen LogP contribution in [-0.2, 0) is 25.1 Å². The van der Waals surface area contributed by atoms with Crippen LogP contribution in [0.15, 0.2) is 24.3 Å². The summed E-state index contributed by atoms with van der Waals surface area (Å²) in [7, 11) is -3.29. The van der Waals surface area contributed by atoms with Gasteiger partial charge in [0.1, 0.15) is 11.9 Å². The Hall–Kier alpha value is -0.950. The van der Waals surface area contributed by atoms with Crippen LogP contribution in [0.2, 0.25) is 0 Å². The van der Waals surface area contributed by atoms with Gasteiger partial charge in [0, 0.05) is 11.8 Å². The normalized spacial score (nSPS) is 27.6. The van der Waals surface area contributed by atoms with E-state index in [9.17, 15) is 8.42 Å². The molecule has 1 aliphatic heterocycles. The molecular weight excluding hydrogens is 268 g/mol. The molecule has 19 heavy (non-hydrogen) atoms. The van der Waals surface area contributed by atoms with Crippen LogP contribution < -0.4 is 0 Å². The van der Waals surface area contributed by atoms with E-state index in [4.69, 9.17) is 14.6 Å². The minimum absolute atomic E-state index is 0.181. The average Bonchev–Trinajstić information content (AvgIpc) is 2.71. The van der Waals surface area contributed by atoms with E-state index in [1.165, 1.54) is 0 Å². The third-order valence-corrected chi connectivity index (χ3v) is 3.98. The quantitative estimate of drug-likeness (QED) is 0.877. The average molecular weight is 286 g/mol. The maximum Gasteiger partial charge on any atom is 0.209 e. The fourth-order valence-electron chi connectivity index (χ4n) is 2.29. The van der Waals surface area contributed by atoms with Crippen LogP contribution in [0.25, 0.3) is 0 Å². The summed E-state index contributed by atoms with van der Waals surface area (Å²) >= 11 is 0. The molecule has 0 bridgehead atoms. The molecule has 1 aromatic carbocycles. The summed E-state index contributed by atoms with van der Waals surface area (Å²) in [5, 5.41) is 9.16. The van der Waals surface area contributed by atoms with E-state index in [0.29, 0.717) is 5.56 Å². The molecule has 5 nitrogen and oxygen atoms in total. The molecule has 1 aliphatic rings. The van der Waals surface area contributed by atoms with Crippen LogP contribution in [0, 0.1) is 6.92 Å². The predicted octanol–water partition coefficient (Wildman–Crippen LogP) is 0.600. The van der Waals surface area contributed by atoms with E-state index in [0.717, 1.165) is 11.8 Å². The number of benzene rings is 1. The van der Waals surface area contributed by atoms with Gasteiger partial charge in [-0.05, 0) is 12.5 Å². The second kappa shape index (κ2) is 5.20. The van der Waals surface area contributed by atoms with Crippen molar-refractivity contribution in [1.29, 1.82) is 0 Å². The number of aliphatic hydroxyl groups is 1. The van der Waals surface area contributed by atoms with Crippen LogP contribution in [-0.4, -0.2) is 44.9 Å². The molecule has 1 aromatic rings. The Balaban J connectivity index is 2.44. The lowest BCUT2D eigenvalue weighted by Gasteiger charge is -2.29. The number of hydrogen-bond acceptors (Lipinski definition) is 5. The summed E-state index contributed by atoms with van der Waals surface area (Å²) in [5.74, 6) is -1.58. The van der Waals surface area contributed by atoms with Crippen molar-refractivity contribution < 1.29 is 23.0 Å². The first kappa shape index (κ1) is 14.5. The fraction of sp³-hybridized carbons (Fsp3) is 0.538. The van der Waals surface area contributed by atoms with Crippen molar-refractivity contribution in [2.24, 2.45) is 0 Å². The molecule has 0 amide bonds. The highest BCUT2D eigenvalue weighted by Gasteiger charge is 2.46. The maximum atomic E-state index is 11.6. The lowest BCUT2D eigenvalue weighted by Crippen LogP contribution is -2.37. The molecule has 0 saturated carbocycles. The molecule has 2 rings (SSSR count). The summed E-state index contributed by atoms with van der Waals surface area (Å²) < 4.78 is 34.6. The second-order valence-electron chi connectivity index (χ2n) is 4.87. The Bertz CT molecular complexity index is 554. The molecule has 1 N–H and O–H groups in total. The highest BCUT2D eigenvalue weighted by atomic mass is 32.2. The summed E-state index contributed by atoms with van der Waals surface area (Å²) in [5.41, 5.74) is 1.58. The van der Waals surface area contributed by atoms with Gasteiger partial charge in [0.15, 0.2) is 9.84 Å². The van der Waals surface area contributed by atoms with Gasteiger partial charge in [0.05, 0.1) is 13.2 Å². The summed E-state index contributed by atoms with van der Waals surface area (Å²) in [4.78, 5) is 0. The Labute approximate surface area is 113 Å². The molecule has 0 radical (unpaired) electrons. The van der Waals surface area contributed by atoms with Gasteiger partial charge in [-0.3, -0.25) is 0 Å². The van der Waals surface area contributed by atoms with Crippen molar-refractivity contribution in [3.05, 3.63) is 35.4 Å². The number of aryl methyl sites for hydroxylation is 1. The predicted molar refractivity (Wildman–Crippen MR) is 70.5 cm³/mol. The zero-order valence-electron chi connectivity index (χ0n) is 11.0. The van der Waals surface area contributed by atoms with Crippen molar-refractivity contribution >= 4 is 9.84 Å². The lowest BCUT2D eigenvalue weighted by atomic mass is 10.0. The summed E-state index contributed by atoms with van der Waals surface area (Å²) in [6, 6.07) is 7.34. The molecular formula is C13H18O5S. The van der Waals surface area contributed by atoms with Gasteiger partial charge < -0.3 is 14.6 Å². The van der Waals surface area contributed by atoms with Crippen molar-refractivity contribution in [1.82, 2.24) is 0 Å². The molecule has 1 fully saturated rings. The van der Waals surface area contributed by atoms with Crippen LogP contribution in [0.1, 0.15) is 11.1 Å². The van der Waals surface area contributed by atoms with Gasteiger partial charge in [-0.1, -0.05) is 24.3 Å². The van der Waals surface area contributed by atoms with Crippen molar-refractivity contribution in [2.75, 3.05) is 25.2 Å². The largest absolute Gasteiger partial charge is 0.394 e. The van der Waals surface area contributed by atoms with Gasteiger partial charge in [-0.2, -0.15) is 0 Å². The van der Waals surface area contributed by atoms with Crippen molar-refractivity contribution in [3.63, 3.8) is 0 Å². The van der Waals surface area contributed by atoms with Gasteiger partial charge in [0.25, 0.3) is 0 Å². The van der Waals surface area contributed by atoms with Crippen LogP contribution in [0.3, 0.4) is 0 Å². The SMILES string of the molecule is Cc1ccccc1[C@@]1(CS(C)(=O)=O)OC[C@@H](CO)O1. The van der Waals surface area contributed by atoms with Crippen molar-refractivity contribution in [2.45, 2.75) is 18.8 Å². The molecule has 6 heteroatoms. The standard InChI is InChI=1S/C13H18O5S/c1-10-5-3-4-6-12(10)13(9-19(2,15)16)17-8-11(7-14)18-13/h3-6,11,14H,7-9H2,1-2H3/t11-,13+/m1/s1. The van der Waals surface area contributed by atoms with Gasteiger partial charge >= 0.3 is 0 Å². The molecule has 0 unspecified atom stereocenters. The molecule has 106 valence electrons. The zero-order chi connectivity index (χ0) is 14.1. The Morgan fingerprint density at radius 3 is 2.63 bits per heavy atom. The Kier molecular flexibility index (Phi) is 3.96. The van der Waals surface area contributed by atoms with Gasteiger partial charge in [-0.25, -0.2) is 8.42 Å². The van der Waals surface area contributed by atoms with Crippen molar-refractivity contribution in [3.8, 4) is 0 Å². The van der Waals surface area contributed by atoms with Crippen LogP contribution in [0.4, 0.5) is 0 Å². The van der Waals surface area contributed by atoms with E-state index in [1.807, 2.05) is 25.1 Å². The maximum absolute atomic E-state index is 11.6. The molecule has 2 atom stereocenters. The first-order valence-electron chi connectivity index (χ1n) is 6.03. The zero-order valence-corrected chi connectivity index (χ0v) is 11.8. The van der Waals surface area contributed by atoms with E-state index < -0.39 is 21.7 Å². The van der Waals surface area contributed by atoms with Gasteiger partial charge in [0.2, 0.25) is 5.79 Å². The van der Waals surface area contributed by atoms with E-state index in [-0.39, 0.29) is 19.0 Å². The topological polar surface area (TPSA) is 72.8 Å². The van der Waals surface area contributed by atoms with Crippen LogP contribution in [0.5, 0.6) is 0 Å². The van der Waals surface area contributed by atoms with E-state index in [2.05, 4.69) is 0 Å². The van der Waals surface area contributed by atoms with Crippen LogP contribution >= 0.6 is 0 Å².